The van der Waals surface area contributed by atoms with Crippen molar-refractivity contribution in [1.29, 1.82) is 0 Å². The number of benzene rings is 2. The van der Waals surface area contributed by atoms with Crippen LogP contribution in [0, 0.1) is 15.9 Å². The quantitative estimate of drug-likeness (QED) is 0.493. The third-order valence-corrected chi connectivity index (χ3v) is 4.19. The van der Waals surface area contributed by atoms with Crippen molar-refractivity contribution in [3.05, 3.63) is 81.2 Å². The summed E-state index contributed by atoms with van der Waals surface area (Å²) in [6.45, 7) is 0. The number of hydrogen-bond donors (Lipinski definition) is 1. The molecule has 0 unspecified atom stereocenters. The smallest absolute Gasteiger partial charge is 0.295 e. The van der Waals surface area contributed by atoms with Crippen molar-refractivity contribution in [3.63, 3.8) is 0 Å². The fraction of sp³-hybridized carbons (Fsp3) is 0.0526. The number of nitrogens with zero attached hydrogens (tertiary/aromatic N) is 2. The number of nitro groups is 1. The molecule has 2 aromatic carbocycles. The molecule has 0 saturated carbocycles. The first kappa shape index (κ1) is 19.2. The maximum Gasteiger partial charge on any atom is 0.295 e. The van der Waals surface area contributed by atoms with E-state index >= 15 is 0 Å². The van der Waals surface area contributed by atoms with E-state index in [-0.39, 0.29) is 11.3 Å². The summed E-state index contributed by atoms with van der Waals surface area (Å²) < 4.78 is 18.6. The second kappa shape index (κ2) is 8.01. The van der Waals surface area contributed by atoms with Crippen LogP contribution in [-0.4, -0.2) is 22.9 Å². The third kappa shape index (κ3) is 3.91. The number of anilines is 1. The van der Waals surface area contributed by atoms with E-state index in [1.54, 1.807) is 24.4 Å². The first-order valence-electron chi connectivity index (χ1n) is 7.95. The van der Waals surface area contributed by atoms with Crippen molar-refractivity contribution in [2.24, 2.45) is 0 Å². The molecule has 0 bridgehead atoms. The van der Waals surface area contributed by atoms with E-state index in [0.717, 1.165) is 18.2 Å². The van der Waals surface area contributed by atoms with Gasteiger partial charge in [0.15, 0.2) is 0 Å². The molecule has 0 aliphatic rings. The van der Waals surface area contributed by atoms with Crippen molar-refractivity contribution >= 4 is 28.9 Å². The number of aromatic nitrogens is 1. The van der Waals surface area contributed by atoms with E-state index in [1.165, 1.54) is 19.2 Å². The van der Waals surface area contributed by atoms with E-state index in [1.807, 2.05) is 0 Å². The van der Waals surface area contributed by atoms with Gasteiger partial charge < -0.3 is 10.1 Å². The first-order chi connectivity index (χ1) is 13.4. The molecule has 0 aliphatic heterocycles. The predicted molar refractivity (Wildman–Crippen MR) is 102 cm³/mol. The number of amides is 1. The summed E-state index contributed by atoms with van der Waals surface area (Å²) in [5, 5.41) is 13.9. The van der Waals surface area contributed by atoms with Crippen molar-refractivity contribution in [3.8, 4) is 17.0 Å². The van der Waals surface area contributed by atoms with Gasteiger partial charge in [0.2, 0.25) is 0 Å². The molecule has 0 spiro atoms. The molecule has 1 heterocycles. The molecule has 1 amide bonds. The Morgan fingerprint density at radius 3 is 2.71 bits per heavy atom. The summed E-state index contributed by atoms with van der Waals surface area (Å²) in [6, 6.07) is 10.8. The molecule has 1 N–H and O–H groups in total. The van der Waals surface area contributed by atoms with Crippen LogP contribution in [0.3, 0.4) is 0 Å². The average Bonchev–Trinajstić information content (AvgIpc) is 2.69. The van der Waals surface area contributed by atoms with E-state index < -0.39 is 22.3 Å². The summed E-state index contributed by atoms with van der Waals surface area (Å²) in [5.74, 6) is -1.04. The zero-order chi connectivity index (χ0) is 20.3. The normalized spacial score (nSPS) is 10.4. The summed E-state index contributed by atoms with van der Waals surface area (Å²) in [4.78, 5) is 27.0. The van der Waals surface area contributed by atoms with Crippen LogP contribution in [0.4, 0.5) is 15.8 Å². The molecule has 1 aromatic heterocycles. The van der Waals surface area contributed by atoms with Crippen molar-refractivity contribution in [1.82, 2.24) is 4.98 Å². The van der Waals surface area contributed by atoms with Gasteiger partial charge in [-0.3, -0.25) is 19.9 Å². The monoisotopic (exact) mass is 401 g/mol. The zero-order valence-electron chi connectivity index (χ0n) is 14.5. The van der Waals surface area contributed by atoms with Crippen LogP contribution in [0.2, 0.25) is 5.02 Å². The van der Waals surface area contributed by atoms with Gasteiger partial charge in [0, 0.05) is 17.3 Å². The molecular formula is C19H13ClFN3O4. The lowest BCUT2D eigenvalue weighted by Gasteiger charge is -2.12. The number of pyridine rings is 1. The Bertz CT molecular complexity index is 1070. The van der Waals surface area contributed by atoms with Crippen LogP contribution in [0.15, 0.2) is 54.7 Å². The molecule has 3 rings (SSSR count). The topological polar surface area (TPSA) is 94.4 Å². The lowest BCUT2D eigenvalue weighted by molar-refractivity contribution is -0.384. The Morgan fingerprint density at radius 2 is 2.04 bits per heavy atom. The summed E-state index contributed by atoms with van der Waals surface area (Å²) in [6.07, 6.45) is 1.58. The molecule has 0 saturated heterocycles. The fourth-order valence-electron chi connectivity index (χ4n) is 2.57. The molecule has 0 aliphatic carbocycles. The van der Waals surface area contributed by atoms with Crippen LogP contribution in [-0.2, 0) is 0 Å². The van der Waals surface area contributed by atoms with Gasteiger partial charge in [-0.1, -0.05) is 11.6 Å². The highest BCUT2D eigenvalue weighted by Gasteiger charge is 2.19. The van der Waals surface area contributed by atoms with E-state index in [4.69, 9.17) is 16.3 Å². The standard InChI is InChI=1S/C19H13ClFN3O4/c1-28-17-9-11(4-6-13(17)18-14(20)3-2-8-22-18)19(25)23-15-7-5-12(21)10-16(15)24(26)27/h2-10H,1H3,(H,23,25). The number of rotatable bonds is 5. The van der Waals surface area contributed by atoms with Gasteiger partial charge in [0.25, 0.3) is 11.6 Å². The second-order valence-electron chi connectivity index (χ2n) is 5.62. The number of ether oxygens (including phenoxy) is 1. The number of carbonyl (C=O) groups is 1. The van der Waals surface area contributed by atoms with E-state index in [9.17, 15) is 19.3 Å². The minimum Gasteiger partial charge on any atom is -0.496 e. The highest BCUT2D eigenvalue weighted by Crippen LogP contribution is 2.34. The SMILES string of the molecule is COc1cc(C(=O)Nc2ccc(F)cc2[N+](=O)[O-])ccc1-c1ncccc1Cl. The maximum atomic E-state index is 13.3. The van der Waals surface area contributed by atoms with Crippen LogP contribution < -0.4 is 10.1 Å². The predicted octanol–water partition coefficient (Wildman–Crippen LogP) is 4.71. The maximum absolute atomic E-state index is 13.3. The summed E-state index contributed by atoms with van der Waals surface area (Å²) in [5.41, 5.74) is 0.593. The molecule has 7 nitrogen and oxygen atoms in total. The number of halogens is 2. The minimum absolute atomic E-state index is 0.118. The number of methoxy groups -OCH3 is 1. The van der Waals surface area contributed by atoms with Crippen LogP contribution >= 0.6 is 11.6 Å². The second-order valence-corrected chi connectivity index (χ2v) is 6.03. The Hall–Kier alpha value is -3.52. The van der Waals surface area contributed by atoms with Gasteiger partial charge in [-0.05, 0) is 42.5 Å². The van der Waals surface area contributed by atoms with E-state index in [2.05, 4.69) is 10.3 Å². The lowest BCUT2D eigenvalue weighted by Crippen LogP contribution is -2.13. The van der Waals surface area contributed by atoms with Crippen LogP contribution in [0.25, 0.3) is 11.3 Å². The average molecular weight is 402 g/mol. The Kier molecular flexibility index (Phi) is 5.51. The van der Waals surface area contributed by atoms with Crippen LogP contribution in [0.1, 0.15) is 10.4 Å². The Labute approximate surface area is 163 Å². The number of nitro benzene ring substituents is 1. The van der Waals surface area contributed by atoms with Crippen LogP contribution in [0.5, 0.6) is 5.75 Å². The Balaban J connectivity index is 1.94. The van der Waals surface area contributed by atoms with Crippen molar-refractivity contribution in [2.75, 3.05) is 12.4 Å². The molecule has 0 radical (unpaired) electrons. The van der Waals surface area contributed by atoms with Gasteiger partial charge in [0.05, 0.1) is 28.8 Å². The lowest BCUT2D eigenvalue weighted by atomic mass is 10.1. The van der Waals surface area contributed by atoms with Gasteiger partial charge in [-0.25, -0.2) is 4.39 Å². The van der Waals surface area contributed by atoms with Gasteiger partial charge in [-0.15, -0.1) is 0 Å². The fourth-order valence-corrected chi connectivity index (χ4v) is 2.79. The highest BCUT2D eigenvalue weighted by atomic mass is 35.5. The zero-order valence-corrected chi connectivity index (χ0v) is 15.2. The molecule has 9 heteroatoms. The van der Waals surface area contributed by atoms with Crippen molar-refractivity contribution in [2.45, 2.75) is 0 Å². The summed E-state index contributed by atoms with van der Waals surface area (Å²) in [7, 11) is 1.43. The first-order valence-corrected chi connectivity index (χ1v) is 8.32. The van der Waals surface area contributed by atoms with Gasteiger partial charge >= 0.3 is 0 Å². The van der Waals surface area contributed by atoms with Gasteiger partial charge in [0.1, 0.15) is 17.3 Å². The number of nitrogens with one attached hydrogen (secondary N) is 1. The Morgan fingerprint density at radius 1 is 1.25 bits per heavy atom. The van der Waals surface area contributed by atoms with Gasteiger partial charge in [-0.2, -0.15) is 0 Å². The van der Waals surface area contributed by atoms with Crippen molar-refractivity contribution < 1.29 is 18.8 Å². The minimum atomic E-state index is -0.775. The number of carbonyl (C=O) groups excluding carboxylic acids is 1. The molecule has 3 aromatic rings. The number of hydrogen-bond acceptors (Lipinski definition) is 5. The largest absolute Gasteiger partial charge is 0.496 e. The molecule has 142 valence electrons. The molecule has 0 atom stereocenters. The molecular weight excluding hydrogens is 389 g/mol. The van der Waals surface area contributed by atoms with E-state index in [0.29, 0.717) is 22.0 Å². The summed E-state index contributed by atoms with van der Waals surface area (Å²) >= 11 is 6.17. The highest BCUT2D eigenvalue weighted by molar-refractivity contribution is 6.33. The third-order valence-electron chi connectivity index (χ3n) is 3.88. The molecule has 0 fully saturated rings. The molecule has 28 heavy (non-hydrogen) atoms.